The Kier molecular flexibility index (Phi) is 7.70. The van der Waals surface area contributed by atoms with E-state index in [-0.39, 0.29) is 5.82 Å². The first-order valence-corrected chi connectivity index (χ1v) is 12.0. The van der Waals surface area contributed by atoms with Gasteiger partial charge in [-0.2, -0.15) is 22.4 Å². The second-order valence-electron chi connectivity index (χ2n) is 5.60. The van der Waals surface area contributed by atoms with Crippen molar-refractivity contribution in [1.82, 2.24) is 9.55 Å². The molecule has 0 saturated carbocycles. The van der Waals surface area contributed by atoms with Gasteiger partial charge in [-0.15, -0.1) is 0 Å². The molecular formula is C10H14F2N3O13P3. The van der Waals surface area contributed by atoms with E-state index in [9.17, 15) is 37.3 Å². The van der Waals surface area contributed by atoms with Crippen molar-refractivity contribution in [2.75, 3.05) is 12.3 Å². The first-order chi connectivity index (χ1) is 14.0. The molecule has 5 atom stereocenters. The highest BCUT2D eigenvalue weighted by Crippen LogP contribution is 2.66. The van der Waals surface area contributed by atoms with Gasteiger partial charge in [0.15, 0.2) is 6.23 Å². The molecule has 1 aromatic heterocycles. The van der Waals surface area contributed by atoms with Gasteiger partial charge in [0.05, 0.1) is 12.2 Å². The van der Waals surface area contributed by atoms with E-state index in [1.54, 1.807) is 0 Å². The highest BCUT2D eigenvalue weighted by Gasteiger charge is 2.46. The number of rotatable bonds is 8. The molecule has 0 aromatic carbocycles. The molecule has 1 fully saturated rings. The van der Waals surface area contributed by atoms with Crippen LogP contribution in [0.3, 0.4) is 0 Å². The summed E-state index contributed by atoms with van der Waals surface area (Å²) in [6.45, 7) is -1.30. The summed E-state index contributed by atoms with van der Waals surface area (Å²) in [5, 5.41) is 10.1. The Morgan fingerprint density at radius 1 is 1.19 bits per heavy atom. The Morgan fingerprint density at radius 2 is 1.81 bits per heavy atom. The summed E-state index contributed by atoms with van der Waals surface area (Å²) < 4.78 is 76.9. The van der Waals surface area contributed by atoms with Gasteiger partial charge in [-0.05, 0) is 6.07 Å². The van der Waals surface area contributed by atoms with Gasteiger partial charge in [-0.1, -0.05) is 0 Å². The molecule has 0 spiro atoms. The van der Waals surface area contributed by atoms with Crippen LogP contribution in [0.15, 0.2) is 28.7 Å². The summed E-state index contributed by atoms with van der Waals surface area (Å²) in [5.74, 6) is -0.217. The third-order valence-corrected chi connectivity index (χ3v) is 7.19. The Hall–Kier alpha value is -1.39. The van der Waals surface area contributed by atoms with E-state index >= 15 is 0 Å². The van der Waals surface area contributed by atoms with E-state index in [1.165, 1.54) is 0 Å². The van der Waals surface area contributed by atoms with E-state index < -0.39 is 65.9 Å². The molecule has 16 nitrogen and oxygen atoms in total. The predicted octanol–water partition coefficient (Wildman–Crippen LogP) is -0.422. The van der Waals surface area contributed by atoms with Gasteiger partial charge in [-0.25, -0.2) is 18.5 Å². The lowest BCUT2D eigenvalue weighted by Gasteiger charge is -2.18. The number of aliphatic hydroxyl groups is 1. The standard InChI is InChI=1S/C10H14F2N3O13P3/c11-8(12)6-4(3-25-30(21,22)28-31(23,24)27-29(18,19)20)26-9(7(6)16)15-2-1-5(13)14-10(15)17/h1-2,4,7,9,16H,3H2,(H,21,22)(H,23,24)(H2,13,14,17)(H2,18,19,20)/t4-,7-,9-/m1/s1. The number of ether oxygens (including phenoxy) is 1. The van der Waals surface area contributed by atoms with E-state index in [0.717, 1.165) is 12.3 Å². The zero-order chi connectivity index (χ0) is 23.8. The number of nitrogens with zero attached hydrogens (tertiary/aromatic N) is 2. The molecular weight excluding hydrogens is 501 g/mol. The molecule has 1 saturated heterocycles. The zero-order valence-corrected chi connectivity index (χ0v) is 17.3. The van der Waals surface area contributed by atoms with Crippen molar-refractivity contribution in [3.63, 3.8) is 0 Å². The van der Waals surface area contributed by atoms with Gasteiger partial charge in [0.1, 0.15) is 18.0 Å². The molecule has 2 rings (SSSR count). The van der Waals surface area contributed by atoms with Gasteiger partial charge in [0.25, 0.3) is 6.08 Å². The molecule has 0 aliphatic carbocycles. The second kappa shape index (κ2) is 9.23. The number of hydrogen-bond donors (Lipinski definition) is 6. The van der Waals surface area contributed by atoms with Crippen LogP contribution in [0, 0.1) is 0 Å². The van der Waals surface area contributed by atoms with Gasteiger partial charge >= 0.3 is 29.2 Å². The van der Waals surface area contributed by atoms with Crippen LogP contribution >= 0.6 is 23.5 Å². The number of hydrogen-bond acceptors (Lipinski definition) is 11. The summed E-state index contributed by atoms with van der Waals surface area (Å²) in [6, 6.07) is 1.09. The number of phosphoric acid groups is 3. The number of phosphoric ester groups is 1. The minimum absolute atomic E-state index is 0.217. The minimum atomic E-state index is -5.83. The van der Waals surface area contributed by atoms with Crippen LogP contribution in [-0.4, -0.2) is 53.0 Å². The van der Waals surface area contributed by atoms with E-state index in [2.05, 4.69) is 18.1 Å². The third kappa shape index (κ3) is 7.05. The van der Waals surface area contributed by atoms with Gasteiger partial charge in [0.2, 0.25) is 0 Å². The van der Waals surface area contributed by atoms with Crippen LogP contribution in [0.4, 0.5) is 14.6 Å². The molecule has 0 bridgehead atoms. The SMILES string of the molecule is Nc1ccn([C@@H]2O[C@H](COP(=O)(O)OP(=O)(O)OP(=O)(O)O)C(=C(F)F)[C@H]2O)c(=O)n1. The normalized spacial score (nSPS) is 25.8. The number of aliphatic hydroxyl groups excluding tert-OH is 1. The predicted molar refractivity (Wildman–Crippen MR) is 91.9 cm³/mol. The van der Waals surface area contributed by atoms with E-state index in [1.807, 2.05) is 0 Å². The molecule has 31 heavy (non-hydrogen) atoms. The number of nitrogens with two attached hydrogens (primary N) is 1. The highest BCUT2D eigenvalue weighted by atomic mass is 31.3. The van der Waals surface area contributed by atoms with Crippen molar-refractivity contribution >= 4 is 29.3 Å². The van der Waals surface area contributed by atoms with E-state index in [4.69, 9.17) is 25.2 Å². The third-order valence-electron chi connectivity index (χ3n) is 3.39. The molecule has 1 aliphatic heterocycles. The number of halogens is 2. The second-order valence-corrected chi connectivity index (χ2v) is 10.0. The Labute approximate surface area is 169 Å². The first kappa shape index (κ1) is 25.9. The zero-order valence-electron chi connectivity index (χ0n) is 14.7. The molecule has 2 unspecified atom stereocenters. The molecule has 2 heterocycles. The topological polar surface area (TPSA) is 250 Å². The number of anilines is 1. The van der Waals surface area contributed by atoms with Gasteiger partial charge in [0, 0.05) is 6.20 Å². The van der Waals surface area contributed by atoms with Crippen molar-refractivity contribution in [1.29, 1.82) is 0 Å². The lowest BCUT2D eigenvalue weighted by molar-refractivity contribution is -0.0521. The van der Waals surface area contributed by atoms with Crippen LogP contribution in [0.1, 0.15) is 6.23 Å². The van der Waals surface area contributed by atoms with Crippen LogP contribution in [0.5, 0.6) is 0 Å². The Morgan fingerprint density at radius 3 is 2.32 bits per heavy atom. The van der Waals surface area contributed by atoms with E-state index in [0.29, 0.717) is 4.57 Å². The van der Waals surface area contributed by atoms with Crippen LogP contribution in [-0.2, 0) is 31.6 Å². The van der Waals surface area contributed by atoms with Crippen LogP contribution in [0.2, 0.25) is 0 Å². The average Bonchev–Trinajstić information content (AvgIpc) is 2.86. The van der Waals surface area contributed by atoms with Crippen molar-refractivity contribution in [3.8, 4) is 0 Å². The maximum Gasteiger partial charge on any atom is 0.490 e. The van der Waals surface area contributed by atoms with Crippen molar-refractivity contribution in [3.05, 3.63) is 34.4 Å². The van der Waals surface area contributed by atoms with Crippen molar-refractivity contribution in [2.45, 2.75) is 18.4 Å². The lowest BCUT2D eigenvalue weighted by Crippen LogP contribution is -2.32. The molecule has 1 aliphatic rings. The molecule has 21 heteroatoms. The molecule has 0 amide bonds. The Bertz CT molecular complexity index is 1070. The lowest BCUT2D eigenvalue weighted by atomic mass is 10.1. The monoisotopic (exact) mass is 515 g/mol. The Balaban J connectivity index is 2.19. The fourth-order valence-electron chi connectivity index (χ4n) is 2.33. The first-order valence-electron chi connectivity index (χ1n) is 7.53. The van der Waals surface area contributed by atoms with Gasteiger partial charge in [-0.3, -0.25) is 9.09 Å². The molecule has 1 aromatic rings. The molecule has 7 N–H and O–H groups in total. The summed E-state index contributed by atoms with van der Waals surface area (Å²) >= 11 is 0. The quantitative estimate of drug-likeness (QED) is 0.241. The summed E-state index contributed by atoms with van der Waals surface area (Å²) in [5.41, 5.74) is 3.05. The van der Waals surface area contributed by atoms with Crippen LogP contribution in [0.25, 0.3) is 0 Å². The number of aromatic nitrogens is 2. The van der Waals surface area contributed by atoms with Crippen LogP contribution < -0.4 is 11.4 Å². The number of nitrogen functional groups attached to an aromatic ring is 1. The summed E-state index contributed by atoms with van der Waals surface area (Å²) in [7, 11) is -17.1. The van der Waals surface area contributed by atoms with Crippen molar-refractivity contribution < 1.29 is 65.0 Å². The molecule has 0 radical (unpaired) electrons. The largest absolute Gasteiger partial charge is 0.490 e. The highest BCUT2D eigenvalue weighted by molar-refractivity contribution is 7.66. The summed E-state index contributed by atoms with van der Waals surface area (Å²) in [6.07, 6.45) is -7.43. The minimum Gasteiger partial charge on any atom is -0.384 e. The maximum atomic E-state index is 13.3. The van der Waals surface area contributed by atoms with Gasteiger partial charge < -0.3 is 35.2 Å². The molecule has 176 valence electrons. The summed E-state index contributed by atoms with van der Waals surface area (Å²) in [4.78, 5) is 50.5. The average molecular weight is 515 g/mol. The van der Waals surface area contributed by atoms with Crippen molar-refractivity contribution in [2.24, 2.45) is 0 Å². The maximum absolute atomic E-state index is 13.3. The fraction of sp³-hybridized carbons (Fsp3) is 0.400. The smallest absolute Gasteiger partial charge is 0.384 e. The fourth-order valence-corrected chi connectivity index (χ4v) is 5.34.